The summed E-state index contributed by atoms with van der Waals surface area (Å²) in [5.41, 5.74) is 1.23. The molecule has 4 fully saturated rings. The van der Waals surface area contributed by atoms with Gasteiger partial charge in [0.1, 0.15) is 0 Å². The molecule has 2 saturated heterocycles. The van der Waals surface area contributed by atoms with E-state index in [1.165, 1.54) is 37.7 Å². The summed E-state index contributed by atoms with van der Waals surface area (Å²) < 4.78 is 0. The largest absolute Gasteiger partial charge is 0.341 e. The van der Waals surface area contributed by atoms with Gasteiger partial charge in [0.15, 0.2) is 0 Å². The molecule has 3 nitrogen and oxygen atoms in total. The molecule has 4 aliphatic rings. The van der Waals surface area contributed by atoms with Gasteiger partial charge in [-0.2, -0.15) is 0 Å². The summed E-state index contributed by atoms with van der Waals surface area (Å²) in [6.45, 7) is 1.89. The quantitative estimate of drug-likeness (QED) is 0.872. The summed E-state index contributed by atoms with van der Waals surface area (Å²) in [6.07, 6.45) is 9.66. The molecule has 26 heavy (non-hydrogen) atoms. The lowest BCUT2D eigenvalue weighted by atomic mass is 9.68. The van der Waals surface area contributed by atoms with Crippen LogP contribution >= 0.6 is 12.4 Å². The predicted molar refractivity (Wildman–Crippen MR) is 106 cm³/mol. The number of hydrogen-bond acceptors (Lipinski definition) is 2. The summed E-state index contributed by atoms with van der Waals surface area (Å²) in [7, 11) is 0. The molecular formula is C22H31ClN2O. The summed E-state index contributed by atoms with van der Waals surface area (Å²) in [6, 6.07) is 11.9. The van der Waals surface area contributed by atoms with Crippen molar-refractivity contribution in [2.24, 2.45) is 17.3 Å². The topological polar surface area (TPSA) is 32.3 Å². The molecule has 4 bridgehead atoms. The fourth-order valence-corrected chi connectivity index (χ4v) is 6.40. The minimum atomic E-state index is -0.117. The first-order valence-electron chi connectivity index (χ1n) is 10.3. The van der Waals surface area contributed by atoms with Gasteiger partial charge < -0.3 is 10.2 Å². The van der Waals surface area contributed by atoms with Gasteiger partial charge in [-0.1, -0.05) is 36.8 Å². The van der Waals surface area contributed by atoms with Gasteiger partial charge >= 0.3 is 0 Å². The van der Waals surface area contributed by atoms with Crippen molar-refractivity contribution >= 4 is 18.3 Å². The Balaban J connectivity index is 0.00000168. The van der Waals surface area contributed by atoms with Gasteiger partial charge in [-0.3, -0.25) is 4.79 Å². The van der Waals surface area contributed by atoms with E-state index in [2.05, 4.69) is 40.5 Å². The minimum Gasteiger partial charge on any atom is -0.341 e. The summed E-state index contributed by atoms with van der Waals surface area (Å²) in [5, 5.41) is 3.73. The van der Waals surface area contributed by atoms with Gasteiger partial charge in [0.25, 0.3) is 0 Å². The fourth-order valence-electron chi connectivity index (χ4n) is 6.40. The second-order valence-electron chi connectivity index (χ2n) is 9.08. The third kappa shape index (κ3) is 3.07. The van der Waals surface area contributed by atoms with E-state index in [4.69, 9.17) is 0 Å². The number of carbonyl (C=O) groups excluding carboxylic acids is 1. The standard InChI is InChI=1S/C22H30N2O.ClH/c25-21(24-11-10-19-8-9-20(15-24)23-19)22(13-16-4-2-1-3-5-16)14-17-6-7-18(22)12-17;/h1-5,17-20,23H,6-15H2;1H. The zero-order valence-electron chi connectivity index (χ0n) is 15.5. The molecule has 1 aromatic rings. The minimum absolute atomic E-state index is 0. The van der Waals surface area contributed by atoms with Crippen molar-refractivity contribution in [1.82, 2.24) is 10.2 Å². The van der Waals surface area contributed by atoms with Gasteiger partial charge in [-0.05, 0) is 62.3 Å². The van der Waals surface area contributed by atoms with Gasteiger partial charge in [0.05, 0.1) is 5.41 Å². The molecule has 1 aromatic carbocycles. The van der Waals surface area contributed by atoms with Crippen LogP contribution in [0.1, 0.15) is 50.5 Å². The highest BCUT2D eigenvalue weighted by Crippen LogP contribution is 2.58. The van der Waals surface area contributed by atoms with E-state index in [1.807, 2.05) is 0 Å². The van der Waals surface area contributed by atoms with E-state index in [1.54, 1.807) is 0 Å². The lowest BCUT2D eigenvalue weighted by Gasteiger charge is -2.41. The summed E-state index contributed by atoms with van der Waals surface area (Å²) >= 11 is 0. The van der Waals surface area contributed by atoms with Crippen molar-refractivity contribution in [2.45, 2.75) is 63.5 Å². The van der Waals surface area contributed by atoms with Gasteiger partial charge in [-0.25, -0.2) is 0 Å². The first-order valence-corrected chi connectivity index (χ1v) is 10.3. The number of hydrogen-bond donors (Lipinski definition) is 1. The number of halogens is 1. The second kappa shape index (κ2) is 7.16. The number of nitrogens with zero attached hydrogens (tertiary/aromatic N) is 1. The Morgan fingerprint density at radius 3 is 2.62 bits per heavy atom. The van der Waals surface area contributed by atoms with Crippen molar-refractivity contribution in [3.05, 3.63) is 35.9 Å². The van der Waals surface area contributed by atoms with Crippen LogP contribution in [0.5, 0.6) is 0 Å². The molecule has 1 N–H and O–H groups in total. The molecule has 4 heteroatoms. The van der Waals surface area contributed by atoms with Crippen LogP contribution in [0.4, 0.5) is 0 Å². The average molecular weight is 375 g/mol. The molecule has 5 atom stereocenters. The Bertz CT molecular complexity index is 651. The first-order chi connectivity index (χ1) is 12.2. The molecule has 0 aromatic heterocycles. The van der Waals surface area contributed by atoms with Crippen LogP contribution in [0, 0.1) is 17.3 Å². The Morgan fingerprint density at radius 2 is 1.88 bits per heavy atom. The number of rotatable bonds is 3. The zero-order chi connectivity index (χ0) is 16.9. The van der Waals surface area contributed by atoms with E-state index in [0.717, 1.165) is 38.3 Å². The normalized spacial score (nSPS) is 38.1. The van der Waals surface area contributed by atoms with Crippen LogP contribution < -0.4 is 5.32 Å². The predicted octanol–water partition coefficient (Wildman–Crippen LogP) is 3.81. The molecule has 2 aliphatic heterocycles. The molecule has 0 spiro atoms. The number of fused-ring (bicyclic) bond motifs is 4. The molecule has 2 aliphatic carbocycles. The molecule has 5 rings (SSSR count). The van der Waals surface area contributed by atoms with Crippen molar-refractivity contribution in [1.29, 1.82) is 0 Å². The average Bonchev–Trinajstić information content (AvgIpc) is 3.30. The third-order valence-corrected chi connectivity index (χ3v) is 7.57. The highest BCUT2D eigenvalue weighted by Gasteiger charge is 2.56. The Kier molecular flexibility index (Phi) is 5.04. The number of benzene rings is 1. The van der Waals surface area contributed by atoms with Crippen LogP contribution in [0.25, 0.3) is 0 Å². The number of nitrogens with one attached hydrogen (secondary N) is 1. The van der Waals surface area contributed by atoms with Crippen LogP contribution in [0.3, 0.4) is 0 Å². The lowest BCUT2D eigenvalue weighted by Crippen LogP contribution is -2.50. The van der Waals surface area contributed by atoms with Gasteiger partial charge in [0, 0.05) is 25.2 Å². The molecule has 142 valence electrons. The van der Waals surface area contributed by atoms with Crippen molar-refractivity contribution in [2.75, 3.05) is 13.1 Å². The van der Waals surface area contributed by atoms with Crippen LogP contribution in [-0.2, 0) is 11.2 Å². The highest BCUT2D eigenvalue weighted by atomic mass is 35.5. The van der Waals surface area contributed by atoms with E-state index in [0.29, 0.717) is 23.9 Å². The maximum atomic E-state index is 13.8. The Morgan fingerprint density at radius 1 is 1.08 bits per heavy atom. The monoisotopic (exact) mass is 374 g/mol. The van der Waals surface area contributed by atoms with Crippen molar-refractivity contribution in [3.63, 3.8) is 0 Å². The second-order valence-corrected chi connectivity index (χ2v) is 9.08. The smallest absolute Gasteiger partial charge is 0.229 e. The maximum absolute atomic E-state index is 13.8. The maximum Gasteiger partial charge on any atom is 0.229 e. The van der Waals surface area contributed by atoms with Crippen LogP contribution in [0.2, 0.25) is 0 Å². The van der Waals surface area contributed by atoms with E-state index >= 15 is 0 Å². The summed E-state index contributed by atoms with van der Waals surface area (Å²) in [5.74, 6) is 1.88. The molecule has 0 radical (unpaired) electrons. The van der Waals surface area contributed by atoms with Gasteiger partial charge in [0.2, 0.25) is 5.91 Å². The first kappa shape index (κ1) is 18.3. The highest BCUT2D eigenvalue weighted by molar-refractivity contribution is 5.85. The number of likely N-dealkylation sites (tertiary alicyclic amines) is 1. The van der Waals surface area contributed by atoms with Crippen LogP contribution in [0.15, 0.2) is 30.3 Å². The summed E-state index contributed by atoms with van der Waals surface area (Å²) in [4.78, 5) is 16.1. The Hall–Kier alpha value is -1.06. The fraction of sp³-hybridized carbons (Fsp3) is 0.682. The number of amides is 1. The van der Waals surface area contributed by atoms with Crippen LogP contribution in [-0.4, -0.2) is 36.0 Å². The molecule has 5 unspecified atom stereocenters. The van der Waals surface area contributed by atoms with E-state index in [-0.39, 0.29) is 17.8 Å². The van der Waals surface area contributed by atoms with Gasteiger partial charge in [-0.15, -0.1) is 12.4 Å². The molecule has 1 amide bonds. The SMILES string of the molecule is Cl.O=C(N1CCC2CCC(C1)N2)C1(Cc2ccccc2)CC2CCC1C2. The van der Waals surface area contributed by atoms with Crippen molar-refractivity contribution < 1.29 is 4.79 Å². The third-order valence-electron chi connectivity index (χ3n) is 7.57. The molecule has 2 saturated carbocycles. The zero-order valence-corrected chi connectivity index (χ0v) is 16.3. The lowest BCUT2D eigenvalue weighted by molar-refractivity contribution is -0.146. The van der Waals surface area contributed by atoms with E-state index < -0.39 is 0 Å². The number of carbonyl (C=O) groups is 1. The van der Waals surface area contributed by atoms with E-state index in [9.17, 15) is 4.79 Å². The van der Waals surface area contributed by atoms with Crippen molar-refractivity contribution in [3.8, 4) is 0 Å². The molecular weight excluding hydrogens is 344 g/mol. The molecule has 2 heterocycles. The Labute approximate surface area is 163 Å².